The molecule has 0 aromatic carbocycles. The minimum absolute atomic E-state index is 0.0776. The molecule has 3 aliphatic rings. The molecule has 0 atom stereocenters. The van der Waals surface area contributed by atoms with E-state index in [0.29, 0.717) is 11.8 Å². The summed E-state index contributed by atoms with van der Waals surface area (Å²) in [6.07, 6.45) is 10.2. The summed E-state index contributed by atoms with van der Waals surface area (Å²) in [4.78, 5) is 17.2. The lowest BCUT2D eigenvalue weighted by Crippen LogP contribution is -2.45. The maximum Gasteiger partial charge on any atom is 0.225 e. The van der Waals surface area contributed by atoms with Crippen LogP contribution in [0, 0.1) is 11.8 Å². The second kappa shape index (κ2) is 7.78. The summed E-state index contributed by atoms with van der Waals surface area (Å²) in [7, 11) is 0. The standard InChI is InChI=1S/C18H32N2O2/c21-17-8-10-19(11-9-17)14-15-6-12-20(13-7-15)18(22)16-4-2-1-3-5-16/h15-17,21H,1-14H2. The highest BCUT2D eigenvalue weighted by atomic mass is 16.3. The number of aliphatic hydroxyl groups excluding tert-OH is 1. The van der Waals surface area contributed by atoms with Crippen LogP contribution in [0.25, 0.3) is 0 Å². The summed E-state index contributed by atoms with van der Waals surface area (Å²) in [5.74, 6) is 1.51. The minimum Gasteiger partial charge on any atom is -0.393 e. The van der Waals surface area contributed by atoms with E-state index in [1.165, 1.54) is 19.3 Å². The molecular formula is C18H32N2O2. The van der Waals surface area contributed by atoms with Gasteiger partial charge in [0.15, 0.2) is 0 Å². The van der Waals surface area contributed by atoms with E-state index in [0.717, 1.165) is 77.2 Å². The molecule has 0 bridgehead atoms. The molecule has 2 aliphatic heterocycles. The van der Waals surface area contributed by atoms with Gasteiger partial charge in [-0.05, 0) is 44.4 Å². The molecule has 2 heterocycles. The molecule has 1 saturated carbocycles. The Morgan fingerprint density at radius 1 is 0.864 bits per heavy atom. The van der Waals surface area contributed by atoms with Gasteiger partial charge in [0.2, 0.25) is 5.91 Å². The first-order valence-corrected chi connectivity index (χ1v) is 9.41. The van der Waals surface area contributed by atoms with Crippen LogP contribution < -0.4 is 0 Å². The maximum absolute atomic E-state index is 12.6. The van der Waals surface area contributed by atoms with Gasteiger partial charge in [-0.2, -0.15) is 0 Å². The largest absolute Gasteiger partial charge is 0.393 e. The van der Waals surface area contributed by atoms with Crippen molar-refractivity contribution < 1.29 is 9.90 Å². The topological polar surface area (TPSA) is 43.8 Å². The first-order valence-electron chi connectivity index (χ1n) is 9.41. The van der Waals surface area contributed by atoms with Gasteiger partial charge in [0.25, 0.3) is 0 Å². The number of hydrogen-bond acceptors (Lipinski definition) is 3. The second-order valence-electron chi connectivity index (χ2n) is 7.64. The second-order valence-corrected chi connectivity index (χ2v) is 7.64. The monoisotopic (exact) mass is 308 g/mol. The Labute approximate surface area is 134 Å². The summed E-state index contributed by atoms with van der Waals surface area (Å²) in [5, 5.41) is 9.58. The Kier molecular flexibility index (Phi) is 5.75. The Hall–Kier alpha value is -0.610. The van der Waals surface area contributed by atoms with Crippen molar-refractivity contribution in [2.45, 2.75) is 63.9 Å². The van der Waals surface area contributed by atoms with Gasteiger partial charge in [-0.1, -0.05) is 19.3 Å². The predicted octanol–water partition coefficient (Wildman–Crippen LogP) is 2.26. The Balaban J connectivity index is 1.39. The van der Waals surface area contributed by atoms with Crippen LogP contribution in [0.15, 0.2) is 0 Å². The van der Waals surface area contributed by atoms with Crippen LogP contribution in [-0.4, -0.2) is 59.6 Å². The third kappa shape index (κ3) is 4.23. The van der Waals surface area contributed by atoms with Crippen LogP contribution in [0.1, 0.15) is 57.8 Å². The van der Waals surface area contributed by atoms with E-state index in [1.807, 2.05) is 0 Å². The highest BCUT2D eigenvalue weighted by Crippen LogP contribution is 2.28. The average Bonchev–Trinajstić information content (AvgIpc) is 2.58. The fourth-order valence-electron chi connectivity index (χ4n) is 4.41. The molecule has 0 unspecified atom stereocenters. The van der Waals surface area contributed by atoms with Gasteiger partial charge < -0.3 is 14.9 Å². The molecule has 0 aromatic heterocycles. The third-order valence-corrected chi connectivity index (χ3v) is 5.95. The highest BCUT2D eigenvalue weighted by Gasteiger charge is 2.30. The number of carbonyl (C=O) groups excluding carboxylic acids is 1. The van der Waals surface area contributed by atoms with Crippen molar-refractivity contribution in [3.8, 4) is 0 Å². The molecule has 4 nitrogen and oxygen atoms in total. The van der Waals surface area contributed by atoms with Crippen LogP contribution in [0.4, 0.5) is 0 Å². The zero-order valence-corrected chi connectivity index (χ0v) is 13.9. The van der Waals surface area contributed by atoms with E-state index in [-0.39, 0.29) is 6.10 Å². The van der Waals surface area contributed by atoms with E-state index in [9.17, 15) is 9.90 Å². The Morgan fingerprint density at radius 2 is 1.50 bits per heavy atom. The third-order valence-electron chi connectivity index (χ3n) is 5.95. The summed E-state index contributed by atoms with van der Waals surface area (Å²) in [5.41, 5.74) is 0. The highest BCUT2D eigenvalue weighted by molar-refractivity contribution is 5.79. The number of piperidine rings is 2. The molecule has 4 heteroatoms. The van der Waals surface area contributed by atoms with Crippen LogP contribution in [0.3, 0.4) is 0 Å². The predicted molar refractivity (Wildman–Crippen MR) is 87.6 cm³/mol. The lowest BCUT2D eigenvalue weighted by atomic mass is 9.87. The number of rotatable bonds is 3. The van der Waals surface area contributed by atoms with Gasteiger partial charge in [0.05, 0.1) is 6.10 Å². The number of aliphatic hydroxyl groups is 1. The van der Waals surface area contributed by atoms with Crippen molar-refractivity contribution >= 4 is 5.91 Å². The van der Waals surface area contributed by atoms with E-state index >= 15 is 0 Å². The Bertz CT molecular complexity index is 352. The molecule has 3 rings (SSSR count). The molecule has 0 radical (unpaired) electrons. The van der Waals surface area contributed by atoms with Crippen LogP contribution in [0.5, 0.6) is 0 Å². The number of nitrogens with zero attached hydrogens (tertiary/aromatic N) is 2. The van der Waals surface area contributed by atoms with Gasteiger partial charge in [0, 0.05) is 38.6 Å². The molecule has 126 valence electrons. The molecule has 22 heavy (non-hydrogen) atoms. The zero-order chi connectivity index (χ0) is 15.4. The quantitative estimate of drug-likeness (QED) is 0.870. The van der Waals surface area contributed by atoms with Gasteiger partial charge >= 0.3 is 0 Å². The summed E-state index contributed by atoms with van der Waals surface area (Å²) < 4.78 is 0. The first-order chi connectivity index (χ1) is 10.7. The van der Waals surface area contributed by atoms with Crippen molar-refractivity contribution in [3.05, 3.63) is 0 Å². The fourth-order valence-corrected chi connectivity index (χ4v) is 4.41. The number of amides is 1. The smallest absolute Gasteiger partial charge is 0.225 e. The number of likely N-dealkylation sites (tertiary alicyclic amines) is 2. The SMILES string of the molecule is O=C(C1CCCCC1)N1CCC(CN2CCC(O)CC2)CC1. The Morgan fingerprint density at radius 3 is 2.14 bits per heavy atom. The molecule has 0 aromatic rings. The maximum atomic E-state index is 12.6. The number of carbonyl (C=O) groups is 1. The van der Waals surface area contributed by atoms with Gasteiger partial charge in [0.1, 0.15) is 0 Å². The summed E-state index contributed by atoms with van der Waals surface area (Å²) in [6.45, 7) is 5.19. The van der Waals surface area contributed by atoms with Crippen molar-refractivity contribution in [1.29, 1.82) is 0 Å². The van der Waals surface area contributed by atoms with Crippen LogP contribution in [0.2, 0.25) is 0 Å². The fraction of sp³-hybridized carbons (Fsp3) is 0.944. The van der Waals surface area contributed by atoms with Crippen LogP contribution >= 0.6 is 0 Å². The molecule has 3 fully saturated rings. The molecular weight excluding hydrogens is 276 g/mol. The van der Waals surface area contributed by atoms with Crippen LogP contribution in [-0.2, 0) is 4.79 Å². The van der Waals surface area contributed by atoms with E-state index in [1.54, 1.807) is 0 Å². The van der Waals surface area contributed by atoms with Crippen molar-refractivity contribution in [3.63, 3.8) is 0 Å². The van der Waals surface area contributed by atoms with Gasteiger partial charge in [-0.25, -0.2) is 0 Å². The van der Waals surface area contributed by atoms with Crippen molar-refractivity contribution in [2.24, 2.45) is 11.8 Å². The van der Waals surface area contributed by atoms with E-state index in [4.69, 9.17) is 0 Å². The van der Waals surface area contributed by atoms with Gasteiger partial charge in [-0.3, -0.25) is 4.79 Å². The molecule has 1 amide bonds. The minimum atomic E-state index is -0.0776. The van der Waals surface area contributed by atoms with E-state index in [2.05, 4.69) is 9.80 Å². The molecule has 2 saturated heterocycles. The molecule has 1 N–H and O–H groups in total. The summed E-state index contributed by atoms with van der Waals surface area (Å²) >= 11 is 0. The lowest BCUT2D eigenvalue weighted by molar-refractivity contribution is -0.138. The van der Waals surface area contributed by atoms with Crippen molar-refractivity contribution in [1.82, 2.24) is 9.80 Å². The normalized spacial score (nSPS) is 27.2. The number of hydrogen-bond donors (Lipinski definition) is 1. The molecule has 1 aliphatic carbocycles. The van der Waals surface area contributed by atoms with E-state index < -0.39 is 0 Å². The zero-order valence-electron chi connectivity index (χ0n) is 13.9. The van der Waals surface area contributed by atoms with Gasteiger partial charge in [-0.15, -0.1) is 0 Å². The summed E-state index contributed by atoms with van der Waals surface area (Å²) in [6, 6.07) is 0. The van der Waals surface area contributed by atoms with Crippen molar-refractivity contribution in [2.75, 3.05) is 32.7 Å². The average molecular weight is 308 g/mol. The lowest BCUT2D eigenvalue weighted by Gasteiger charge is -2.38. The first kappa shape index (κ1) is 16.3. The molecule has 0 spiro atoms.